The maximum Gasteiger partial charge on any atom is 0.251 e. The quantitative estimate of drug-likeness (QED) is 0.648. The first kappa shape index (κ1) is 23.1. The lowest BCUT2D eigenvalue weighted by Gasteiger charge is -2.19. The third kappa shape index (κ3) is 5.65. The Balaban J connectivity index is 1.91. The van der Waals surface area contributed by atoms with Crippen LogP contribution in [-0.4, -0.2) is 46.2 Å². The number of carbonyl (C=O) groups excluding carboxylic acids is 2. The molecule has 7 heteroatoms. The average Bonchev–Trinajstić information content (AvgIpc) is 2.74. The molecule has 0 bridgehead atoms. The number of amides is 2. The molecule has 0 spiro atoms. The van der Waals surface area contributed by atoms with E-state index in [9.17, 15) is 9.59 Å². The second-order valence-corrected chi connectivity index (χ2v) is 7.75. The molecule has 0 aliphatic carbocycles. The maximum atomic E-state index is 12.5. The molecule has 0 fully saturated rings. The molecule has 2 N–H and O–H groups in total. The highest BCUT2D eigenvalue weighted by molar-refractivity contribution is 5.96. The third-order valence-electron chi connectivity index (χ3n) is 4.64. The van der Waals surface area contributed by atoms with Gasteiger partial charge in [-0.25, -0.2) is 0 Å². The fraction of sp³-hybridized carbons (Fsp3) is 0.391. The molecule has 7 nitrogen and oxygen atoms in total. The normalized spacial score (nSPS) is 10.9. The number of hydrogen-bond acceptors (Lipinski definition) is 5. The number of nitrogens with one attached hydrogen (secondary N) is 2. The molecule has 0 unspecified atom stereocenters. The molecule has 2 aromatic rings. The molecule has 162 valence electrons. The minimum atomic E-state index is -0.307. The fourth-order valence-electron chi connectivity index (χ4n) is 2.89. The number of carbonyl (C=O) groups is 2. The summed E-state index contributed by atoms with van der Waals surface area (Å²) in [7, 11) is 4.48. The Morgan fingerprint density at radius 1 is 0.767 bits per heavy atom. The first-order valence-corrected chi connectivity index (χ1v) is 9.68. The van der Waals surface area contributed by atoms with Gasteiger partial charge in [0, 0.05) is 24.2 Å². The van der Waals surface area contributed by atoms with E-state index in [4.69, 9.17) is 14.2 Å². The van der Waals surface area contributed by atoms with Crippen molar-refractivity contribution in [2.45, 2.75) is 26.2 Å². The number of benzene rings is 2. The molecule has 30 heavy (non-hydrogen) atoms. The summed E-state index contributed by atoms with van der Waals surface area (Å²) < 4.78 is 15.8. The Labute approximate surface area is 177 Å². The molecule has 0 radical (unpaired) electrons. The van der Waals surface area contributed by atoms with Crippen LogP contribution in [0.5, 0.6) is 17.2 Å². The second-order valence-electron chi connectivity index (χ2n) is 7.75. The van der Waals surface area contributed by atoms with E-state index in [1.807, 2.05) is 24.3 Å². The van der Waals surface area contributed by atoms with Crippen molar-refractivity contribution in [3.63, 3.8) is 0 Å². The van der Waals surface area contributed by atoms with E-state index in [0.717, 1.165) is 5.56 Å². The van der Waals surface area contributed by atoms with Gasteiger partial charge < -0.3 is 24.8 Å². The van der Waals surface area contributed by atoms with Gasteiger partial charge in [-0.05, 0) is 35.2 Å². The lowest BCUT2D eigenvalue weighted by molar-refractivity contribution is 0.0927. The summed E-state index contributed by atoms with van der Waals surface area (Å²) in [5.74, 6) is 0.722. The monoisotopic (exact) mass is 414 g/mol. The van der Waals surface area contributed by atoms with Gasteiger partial charge in [0.1, 0.15) is 0 Å². The van der Waals surface area contributed by atoms with Crippen LogP contribution >= 0.6 is 0 Å². The Hall–Kier alpha value is -3.22. The first-order chi connectivity index (χ1) is 14.2. The molecule has 0 atom stereocenters. The molecule has 2 rings (SSSR count). The van der Waals surface area contributed by atoms with E-state index in [2.05, 4.69) is 31.4 Å². The van der Waals surface area contributed by atoms with Crippen molar-refractivity contribution in [3.8, 4) is 17.2 Å². The zero-order valence-electron chi connectivity index (χ0n) is 18.4. The molecule has 0 aromatic heterocycles. The molecule has 0 saturated carbocycles. The molecule has 2 aromatic carbocycles. The van der Waals surface area contributed by atoms with Crippen LogP contribution < -0.4 is 24.8 Å². The molecule has 0 saturated heterocycles. The lowest BCUT2D eigenvalue weighted by atomic mass is 9.87. The van der Waals surface area contributed by atoms with E-state index in [1.54, 1.807) is 12.1 Å². The highest BCUT2D eigenvalue weighted by Crippen LogP contribution is 2.38. The van der Waals surface area contributed by atoms with Crippen LogP contribution in [0.1, 0.15) is 47.1 Å². The third-order valence-corrected chi connectivity index (χ3v) is 4.64. The van der Waals surface area contributed by atoms with Gasteiger partial charge in [-0.3, -0.25) is 9.59 Å². The van der Waals surface area contributed by atoms with Crippen LogP contribution in [0.25, 0.3) is 0 Å². The number of rotatable bonds is 8. The molecule has 2 amide bonds. The van der Waals surface area contributed by atoms with Gasteiger partial charge >= 0.3 is 0 Å². The smallest absolute Gasteiger partial charge is 0.251 e. The van der Waals surface area contributed by atoms with E-state index in [-0.39, 0.29) is 23.8 Å². The predicted octanol–water partition coefficient (Wildman–Crippen LogP) is 3.17. The number of hydrogen-bond donors (Lipinski definition) is 2. The Morgan fingerprint density at radius 2 is 1.23 bits per heavy atom. The maximum absolute atomic E-state index is 12.5. The van der Waals surface area contributed by atoms with Crippen molar-refractivity contribution >= 4 is 11.8 Å². The average molecular weight is 415 g/mol. The van der Waals surface area contributed by atoms with Gasteiger partial charge in [0.05, 0.1) is 21.3 Å². The van der Waals surface area contributed by atoms with Crippen molar-refractivity contribution in [3.05, 3.63) is 53.1 Å². The number of ether oxygens (including phenoxy) is 3. The summed E-state index contributed by atoms with van der Waals surface area (Å²) in [5.41, 5.74) is 2.15. The van der Waals surface area contributed by atoms with Gasteiger partial charge in [0.25, 0.3) is 11.8 Å². The summed E-state index contributed by atoms with van der Waals surface area (Å²) in [6.45, 7) is 6.95. The van der Waals surface area contributed by atoms with Crippen molar-refractivity contribution in [1.29, 1.82) is 0 Å². The topological polar surface area (TPSA) is 85.9 Å². The van der Waals surface area contributed by atoms with Crippen LogP contribution in [0.2, 0.25) is 0 Å². The van der Waals surface area contributed by atoms with Crippen LogP contribution in [0.15, 0.2) is 36.4 Å². The van der Waals surface area contributed by atoms with Crippen LogP contribution in [0.3, 0.4) is 0 Å². The zero-order valence-corrected chi connectivity index (χ0v) is 18.4. The van der Waals surface area contributed by atoms with Crippen molar-refractivity contribution < 1.29 is 23.8 Å². The van der Waals surface area contributed by atoms with Crippen molar-refractivity contribution in [2.75, 3.05) is 34.4 Å². The predicted molar refractivity (Wildman–Crippen MR) is 116 cm³/mol. The van der Waals surface area contributed by atoms with Crippen molar-refractivity contribution in [2.24, 2.45) is 0 Å². The van der Waals surface area contributed by atoms with Crippen LogP contribution in [0, 0.1) is 0 Å². The summed E-state index contributed by atoms with van der Waals surface area (Å²) >= 11 is 0. The Kier molecular flexibility index (Phi) is 7.69. The SMILES string of the molecule is COc1cc(C(=O)NCCNC(=O)c2ccc(C(C)(C)C)cc2)cc(OC)c1OC. The fourth-order valence-corrected chi connectivity index (χ4v) is 2.89. The Morgan fingerprint density at radius 3 is 1.63 bits per heavy atom. The largest absolute Gasteiger partial charge is 0.493 e. The summed E-state index contributed by atoms with van der Waals surface area (Å²) in [6, 6.07) is 10.7. The van der Waals surface area contributed by atoms with Crippen molar-refractivity contribution in [1.82, 2.24) is 10.6 Å². The molecular weight excluding hydrogens is 384 g/mol. The van der Waals surface area contributed by atoms with E-state index in [0.29, 0.717) is 34.9 Å². The summed E-state index contributed by atoms with van der Waals surface area (Å²) in [4.78, 5) is 24.7. The van der Waals surface area contributed by atoms with Gasteiger partial charge in [0.15, 0.2) is 11.5 Å². The molecule has 0 aliphatic heterocycles. The molecular formula is C23H30N2O5. The number of methoxy groups -OCH3 is 3. The van der Waals surface area contributed by atoms with E-state index < -0.39 is 0 Å². The minimum absolute atomic E-state index is 0.0338. The van der Waals surface area contributed by atoms with Gasteiger partial charge in [-0.2, -0.15) is 0 Å². The van der Waals surface area contributed by atoms with Gasteiger partial charge in [0.2, 0.25) is 5.75 Å². The lowest BCUT2D eigenvalue weighted by Crippen LogP contribution is -2.34. The van der Waals surface area contributed by atoms with E-state index in [1.165, 1.54) is 21.3 Å². The second kappa shape index (κ2) is 10.0. The zero-order chi connectivity index (χ0) is 22.3. The van der Waals surface area contributed by atoms with E-state index >= 15 is 0 Å². The highest BCUT2D eigenvalue weighted by atomic mass is 16.5. The van der Waals surface area contributed by atoms with Gasteiger partial charge in [-0.15, -0.1) is 0 Å². The first-order valence-electron chi connectivity index (χ1n) is 9.68. The summed E-state index contributed by atoms with van der Waals surface area (Å²) in [6.07, 6.45) is 0. The van der Waals surface area contributed by atoms with Gasteiger partial charge in [-0.1, -0.05) is 32.9 Å². The molecule has 0 heterocycles. The standard InChI is InChI=1S/C23H30N2O5/c1-23(2,3)17-9-7-15(8-10-17)21(26)24-11-12-25-22(27)16-13-18(28-4)20(30-6)19(14-16)29-5/h7-10,13-14H,11-12H2,1-6H3,(H,24,26)(H,25,27). The molecule has 0 aliphatic rings. The van der Waals surface area contributed by atoms with Crippen LogP contribution in [-0.2, 0) is 5.41 Å². The summed E-state index contributed by atoms with van der Waals surface area (Å²) in [5, 5.41) is 5.57. The Bertz CT molecular complexity index is 860. The highest BCUT2D eigenvalue weighted by Gasteiger charge is 2.17. The minimum Gasteiger partial charge on any atom is -0.493 e. The van der Waals surface area contributed by atoms with Crippen LogP contribution in [0.4, 0.5) is 0 Å².